The fourth-order valence-electron chi connectivity index (χ4n) is 1.13. The second-order valence-corrected chi connectivity index (χ2v) is 4.10. The number of rotatable bonds is 4. The number of H-pyrrole nitrogens is 1. The van der Waals surface area contributed by atoms with E-state index >= 15 is 0 Å². The molecule has 0 aliphatic heterocycles. The van der Waals surface area contributed by atoms with Gasteiger partial charge in [0, 0.05) is 24.2 Å². The van der Waals surface area contributed by atoms with Crippen LogP contribution in [0.4, 0.5) is 5.82 Å². The molecule has 5 heteroatoms. The largest absolute Gasteiger partial charge is 0.327 e. The Morgan fingerprint density at radius 1 is 1.67 bits per heavy atom. The van der Waals surface area contributed by atoms with Gasteiger partial charge in [0.05, 0.1) is 0 Å². The lowest BCUT2D eigenvalue weighted by Gasteiger charge is -2.14. The Morgan fingerprint density at radius 2 is 2.33 bits per heavy atom. The number of carbonyl (C=O) groups excluding carboxylic acids is 1. The summed E-state index contributed by atoms with van der Waals surface area (Å²) in [5, 5.41) is 9.35. The molecule has 0 saturated heterocycles. The normalized spacial score (nSPS) is 12.9. The van der Waals surface area contributed by atoms with Gasteiger partial charge in [-0.25, -0.2) is 0 Å². The van der Waals surface area contributed by atoms with E-state index in [1.807, 2.05) is 20.8 Å². The number of aromatic amines is 1. The molecular formula is C10H18N4O. The third-order valence-corrected chi connectivity index (χ3v) is 2.25. The van der Waals surface area contributed by atoms with Gasteiger partial charge in [-0.3, -0.25) is 9.89 Å². The van der Waals surface area contributed by atoms with Crippen molar-refractivity contribution in [2.45, 2.75) is 33.2 Å². The molecule has 1 aromatic rings. The Bertz CT molecular complexity index is 332. The molecule has 1 amide bonds. The maximum absolute atomic E-state index is 11.5. The predicted molar refractivity (Wildman–Crippen MR) is 59.4 cm³/mol. The van der Waals surface area contributed by atoms with Crippen LogP contribution in [0.15, 0.2) is 6.07 Å². The molecule has 1 aromatic heterocycles. The van der Waals surface area contributed by atoms with Crippen LogP contribution in [0.1, 0.15) is 26.0 Å². The summed E-state index contributed by atoms with van der Waals surface area (Å²) in [5.41, 5.74) is 6.70. The van der Waals surface area contributed by atoms with Crippen LogP contribution in [-0.2, 0) is 4.79 Å². The molecule has 1 unspecified atom stereocenters. The van der Waals surface area contributed by atoms with Gasteiger partial charge in [-0.2, -0.15) is 5.10 Å². The van der Waals surface area contributed by atoms with Crippen molar-refractivity contribution in [1.29, 1.82) is 0 Å². The van der Waals surface area contributed by atoms with E-state index < -0.39 is 0 Å². The van der Waals surface area contributed by atoms with E-state index in [-0.39, 0.29) is 11.9 Å². The average Bonchev–Trinajstić information content (AvgIpc) is 2.50. The van der Waals surface area contributed by atoms with Crippen molar-refractivity contribution in [2.24, 2.45) is 11.7 Å². The van der Waals surface area contributed by atoms with E-state index in [2.05, 4.69) is 15.5 Å². The molecule has 0 saturated carbocycles. The number of aromatic nitrogens is 2. The molecule has 4 N–H and O–H groups in total. The minimum Gasteiger partial charge on any atom is -0.327 e. The maximum atomic E-state index is 11.5. The van der Waals surface area contributed by atoms with Crippen molar-refractivity contribution in [3.63, 3.8) is 0 Å². The van der Waals surface area contributed by atoms with Crippen LogP contribution in [-0.4, -0.2) is 22.1 Å². The SMILES string of the molecule is Cc1cc(NC(=O)CC(N)C(C)C)n[nH]1. The standard InChI is InChI=1S/C10H18N4O/c1-6(2)8(11)5-10(15)12-9-4-7(3)13-14-9/h4,6,8H,5,11H2,1-3H3,(H2,12,13,14,15). The lowest BCUT2D eigenvalue weighted by Crippen LogP contribution is -2.31. The van der Waals surface area contributed by atoms with Crippen LogP contribution < -0.4 is 11.1 Å². The first-order chi connectivity index (χ1) is 6.99. The second kappa shape index (κ2) is 4.93. The van der Waals surface area contributed by atoms with Crippen molar-refractivity contribution >= 4 is 11.7 Å². The van der Waals surface area contributed by atoms with Crippen LogP contribution in [0.25, 0.3) is 0 Å². The molecule has 0 spiro atoms. The number of carbonyl (C=O) groups is 1. The fourth-order valence-corrected chi connectivity index (χ4v) is 1.13. The quantitative estimate of drug-likeness (QED) is 0.694. The maximum Gasteiger partial charge on any atom is 0.227 e. The van der Waals surface area contributed by atoms with Crippen LogP contribution in [0, 0.1) is 12.8 Å². The number of nitrogens with one attached hydrogen (secondary N) is 2. The van der Waals surface area contributed by atoms with Gasteiger partial charge in [0.1, 0.15) is 0 Å². The lowest BCUT2D eigenvalue weighted by molar-refractivity contribution is -0.116. The molecule has 84 valence electrons. The van der Waals surface area contributed by atoms with Crippen molar-refractivity contribution in [1.82, 2.24) is 10.2 Å². The number of nitrogens with zero attached hydrogens (tertiary/aromatic N) is 1. The molecule has 0 fully saturated rings. The summed E-state index contributed by atoms with van der Waals surface area (Å²) >= 11 is 0. The van der Waals surface area contributed by atoms with E-state index in [0.29, 0.717) is 18.2 Å². The molecule has 15 heavy (non-hydrogen) atoms. The Kier molecular flexibility index (Phi) is 3.85. The molecule has 1 atom stereocenters. The van der Waals surface area contributed by atoms with Crippen LogP contribution in [0.3, 0.4) is 0 Å². The number of nitrogens with two attached hydrogens (primary N) is 1. The molecule has 0 radical (unpaired) electrons. The van der Waals surface area contributed by atoms with E-state index in [0.717, 1.165) is 5.69 Å². The smallest absolute Gasteiger partial charge is 0.227 e. The molecule has 5 nitrogen and oxygen atoms in total. The molecule has 1 heterocycles. The molecule has 0 aliphatic carbocycles. The Hall–Kier alpha value is -1.36. The van der Waals surface area contributed by atoms with Gasteiger partial charge in [0.2, 0.25) is 5.91 Å². The highest BCUT2D eigenvalue weighted by molar-refractivity contribution is 5.90. The van der Waals surface area contributed by atoms with Gasteiger partial charge >= 0.3 is 0 Å². The highest BCUT2D eigenvalue weighted by atomic mass is 16.1. The van der Waals surface area contributed by atoms with Crippen LogP contribution in [0.5, 0.6) is 0 Å². The average molecular weight is 210 g/mol. The monoisotopic (exact) mass is 210 g/mol. The van der Waals surface area contributed by atoms with Gasteiger partial charge in [0.25, 0.3) is 0 Å². The van der Waals surface area contributed by atoms with Crippen molar-refractivity contribution in [3.05, 3.63) is 11.8 Å². The Labute approximate surface area is 89.4 Å². The molecule has 0 aliphatic rings. The fraction of sp³-hybridized carbons (Fsp3) is 0.600. The van der Waals surface area contributed by atoms with E-state index in [9.17, 15) is 4.79 Å². The molecule has 0 aromatic carbocycles. The zero-order valence-electron chi connectivity index (χ0n) is 9.37. The number of hydrogen-bond acceptors (Lipinski definition) is 3. The first kappa shape index (κ1) is 11.7. The first-order valence-electron chi connectivity index (χ1n) is 5.06. The van der Waals surface area contributed by atoms with Crippen LogP contribution in [0.2, 0.25) is 0 Å². The minimum absolute atomic E-state index is 0.0947. The summed E-state index contributed by atoms with van der Waals surface area (Å²) in [5.74, 6) is 0.757. The van der Waals surface area contributed by atoms with E-state index in [1.54, 1.807) is 6.07 Å². The van der Waals surface area contributed by atoms with Gasteiger partial charge in [-0.15, -0.1) is 0 Å². The predicted octanol–water partition coefficient (Wildman–Crippen LogP) is 1.03. The van der Waals surface area contributed by atoms with Crippen molar-refractivity contribution in [3.8, 4) is 0 Å². The van der Waals surface area contributed by atoms with E-state index in [4.69, 9.17) is 5.73 Å². The van der Waals surface area contributed by atoms with Gasteiger partial charge in [-0.1, -0.05) is 13.8 Å². The zero-order chi connectivity index (χ0) is 11.4. The van der Waals surface area contributed by atoms with Gasteiger partial charge in [-0.05, 0) is 12.8 Å². The molecule has 0 bridgehead atoms. The van der Waals surface area contributed by atoms with Crippen molar-refractivity contribution in [2.75, 3.05) is 5.32 Å². The Morgan fingerprint density at radius 3 is 2.80 bits per heavy atom. The topological polar surface area (TPSA) is 83.8 Å². The van der Waals surface area contributed by atoms with Gasteiger partial charge in [0.15, 0.2) is 5.82 Å². The van der Waals surface area contributed by atoms with Crippen LogP contribution >= 0.6 is 0 Å². The summed E-state index contributed by atoms with van der Waals surface area (Å²) in [4.78, 5) is 11.5. The lowest BCUT2D eigenvalue weighted by atomic mass is 10.0. The highest BCUT2D eigenvalue weighted by Gasteiger charge is 2.13. The minimum atomic E-state index is -0.106. The third-order valence-electron chi connectivity index (χ3n) is 2.25. The van der Waals surface area contributed by atoms with Gasteiger partial charge < -0.3 is 11.1 Å². The summed E-state index contributed by atoms with van der Waals surface area (Å²) in [6.45, 7) is 5.87. The zero-order valence-corrected chi connectivity index (χ0v) is 9.37. The third kappa shape index (κ3) is 3.71. The van der Waals surface area contributed by atoms with E-state index in [1.165, 1.54) is 0 Å². The summed E-state index contributed by atoms with van der Waals surface area (Å²) in [6, 6.07) is 1.67. The first-order valence-corrected chi connectivity index (χ1v) is 5.06. The van der Waals surface area contributed by atoms with Crippen molar-refractivity contribution < 1.29 is 4.79 Å². The number of aryl methyl sites for hydroxylation is 1. The highest BCUT2D eigenvalue weighted by Crippen LogP contribution is 2.07. The Balaban J connectivity index is 2.43. The summed E-state index contributed by atoms with van der Waals surface area (Å²) < 4.78 is 0. The molecule has 1 rings (SSSR count). The number of hydrogen-bond donors (Lipinski definition) is 3. The second-order valence-electron chi connectivity index (χ2n) is 4.10. The number of anilines is 1. The number of amides is 1. The molecular weight excluding hydrogens is 192 g/mol. The summed E-state index contributed by atoms with van der Waals surface area (Å²) in [6.07, 6.45) is 0.323. The summed E-state index contributed by atoms with van der Waals surface area (Å²) in [7, 11) is 0.